The molecule has 0 aromatic heterocycles. The summed E-state index contributed by atoms with van der Waals surface area (Å²) in [6.07, 6.45) is 2.32. The summed E-state index contributed by atoms with van der Waals surface area (Å²) in [5, 5.41) is 8.62. The molecular weight excluding hydrogens is 438 g/mol. The van der Waals surface area contributed by atoms with E-state index in [-0.39, 0.29) is 27.6 Å². The number of fused-ring (bicyclic) bond motifs is 4. The normalized spacial score (nSPS) is 22.5. The van der Waals surface area contributed by atoms with E-state index in [1.54, 1.807) is 0 Å². The van der Waals surface area contributed by atoms with Crippen molar-refractivity contribution in [3.63, 3.8) is 0 Å². The molecule has 1 heterocycles. The van der Waals surface area contributed by atoms with Crippen molar-refractivity contribution in [2.75, 3.05) is 13.1 Å². The van der Waals surface area contributed by atoms with Gasteiger partial charge in [-0.2, -0.15) is 0 Å². The molecular formula is C33H45N3. The van der Waals surface area contributed by atoms with Crippen molar-refractivity contribution in [2.24, 2.45) is 16.3 Å². The molecule has 1 fully saturated rings. The minimum atomic E-state index is -0.0762. The molecule has 2 aromatic rings. The van der Waals surface area contributed by atoms with Crippen LogP contribution < -0.4 is 0 Å². The number of hydrogen-bond donors (Lipinski definition) is 1. The smallest absolute Gasteiger partial charge is 0.218 e. The average Bonchev–Trinajstić information content (AvgIpc) is 3.44. The average molecular weight is 484 g/mol. The predicted octanol–water partition coefficient (Wildman–Crippen LogP) is 8.06. The van der Waals surface area contributed by atoms with E-state index in [4.69, 9.17) is 10.4 Å². The van der Waals surface area contributed by atoms with Crippen molar-refractivity contribution in [1.82, 2.24) is 4.90 Å². The summed E-state index contributed by atoms with van der Waals surface area (Å²) >= 11 is 0. The lowest BCUT2D eigenvalue weighted by Crippen LogP contribution is -2.42. The Hall–Kier alpha value is -2.42. The summed E-state index contributed by atoms with van der Waals surface area (Å²) in [5.41, 5.74) is 11.1. The minimum Gasteiger partial charge on any atom is -0.341 e. The van der Waals surface area contributed by atoms with Gasteiger partial charge in [-0.05, 0) is 86.1 Å². The molecule has 2 aromatic carbocycles. The van der Waals surface area contributed by atoms with E-state index in [1.165, 1.54) is 33.4 Å². The molecule has 2 aliphatic carbocycles. The number of likely N-dealkylation sites (tertiary alicyclic amines) is 1. The first kappa shape index (κ1) is 25.2. The number of guanidine groups is 1. The fourth-order valence-corrected chi connectivity index (χ4v) is 7.07. The first-order valence-corrected chi connectivity index (χ1v) is 13.9. The summed E-state index contributed by atoms with van der Waals surface area (Å²) < 4.78 is 0. The van der Waals surface area contributed by atoms with Gasteiger partial charge in [0.05, 0.1) is 5.71 Å². The van der Waals surface area contributed by atoms with Gasteiger partial charge >= 0.3 is 0 Å². The molecule has 0 unspecified atom stereocenters. The van der Waals surface area contributed by atoms with Crippen LogP contribution in [-0.4, -0.2) is 29.7 Å². The molecule has 1 aliphatic heterocycles. The fourth-order valence-electron chi connectivity index (χ4n) is 7.07. The Morgan fingerprint density at radius 1 is 0.778 bits per heavy atom. The molecule has 5 rings (SSSR count). The van der Waals surface area contributed by atoms with E-state index >= 15 is 0 Å². The summed E-state index contributed by atoms with van der Waals surface area (Å²) in [6.45, 7) is 25.7. The van der Waals surface area contributed by atoms with Crippen LogP contribution in [0.1, 0.15) is 110 Å². The van der Waals surface area contributed by atoms with Crippen molar-refractivity contribution in [3.8, 4) is 11.1 Å². The third-order valence-electron chi connectivity index (χ3n) is 10.8. The van der Waals surface area contributed by atoms with Crippen LogP contribution in [0.5, 0.6) is 0 Å². The second-order valence-electron chi connectivity index (χ2n) is 13.9. The zero-order valence-corrected chi connectivity index (χ0v) is 24.2. The Morgan fingerprint density at radius 2 is 1.33 bits per heavy atom. The highest BCUT2D eigenvalue weighted by atomic mass is 15.3. The van der Waals surface area contributed by atoms with Gasteiger partial charge in [-0.15, -0.1) is 0 Å². The van der Waals surface area contributed by atoms with Crippen molar-refractivity contribution in [1.29, 1.82) is 5.41 Å². The van der Waals surface area contributed by atoms with Crippen LogP contribution in [0.2, 0.25) is 0 Å². The first-order chi connectivity index (χ1) is 16.6. The van der Waals surface area contributed by atoms with Crippen LogP contribution in [0.3, 0.4) is 0 Å². The number of benzene rings is 2. The van der Waals surface area contributed by atoms with Gasteiger partial charge in [0.15, 0.2) is 0 Å². The van der Waals surface area contributed by atoms with Crippen molar-refractivity contribution >= 4 is 11.7 Å². The highest BCUT2D eigenvalue weighted by molar-refractivity contribution is 6.08. The molecule has 3 heteroatoms. The molecule has 1 N–H and O–H groups in total. The second kappa shape index (κ2) is 7.79. The number of aliphatic imine (C=N–C) groups is 1. The van der Waals surface area contributed by atoms with Crippen LogP contribution in [0.25, 0.3) is 11.1 Å². The van der Waals surface area contributed by atoms with Gasteiger partial charge < -0.3 is 4.90 Å². The highest BCUT2D eigenvalue weighted by Gasteiger charge is 2.57. The predicted molar refractivity (Wildman–Crippen MR) is 154 cm³/mol. The maximum atomic E-state index is 8.62. The maximum Gasteiger partial charge on any atom is 0.218 e. The van der Waals surface area contributed by atoms with Gasteiger partial charge in [0.25, 0.3) is 0 Å². The van der Waals surface area contributed by atoms with Crippen LogP contribution >= 0.6 is 0 Å². The molecule has 0 atom stereocenters. The number of rotatable bonds is 2. The Morgan fingerprint density at radius 3 is 1.92 bits per heavy atom. The van der Waals surface area contributed by atoms with E-state index in [9.17, 15) is 0 Å². The van der Waals surface area contributed by atoms with Crippen molar-refractivity contribution in [3.05, 3.63) is 58.1 Å². The molecule has 3 aliphatic rings. The molecule has 0 saturated carbocycles. The molecule has 0 bridgehead atoms. The van der Waals surface area contributed by atoms with E-state index in [2.05, 4.69) is 104 Å². The molecule has 36 heavy (non-hydrogen) atoms. The Kier molecular flexibility index (Phi) is 5.46. The zero-order chi connectivity index (χ0) is 26.4. The maximum absolute atomic E-state index is 8.62. The van der Waals surface area contributed by atoms with Crippen LogP contribution in [0.4, 0.5) is 0 Å². The summed E-state index contributed by atoms with van der Waals surface area (Å²) in [7, 11) is 0. The summed E-state index contributed by atoms with van der Waals surface area (Å²) in [6, 6.07) is 12.0. The largest absolute Gasteiger partial charge is 0.341 e. The Labute approximate surface area is 218 Å². The highest BCUT2D eigenvalue weighted by Crippen LogP contribution is 2.63. The standard InChI is InChI=1S/C33H45N3/c1-20(2)28(35-29(34)36-15-11-12-16-36)21-13-14-22-23-18-26-27(19-25(23)30(3,4)24(22)17-21)32(7,8)33(9,10)31(26,5)6/h13-14,17-20,34H,11-12,15-16H2,1-10H3. The van der Waals surface area contributed by atoms with E-state index in [0.717, 1.165) is 37.2 Å². The van der Waals surface area contributed by atoms with Crippen LogP contribution in [0.15, 0.2) is 35.3 Å². The first-order valence-electron chi connectivity index (χ1n) is 13.9. The molecule has 0 radical (unpaired) electrons. The van der Waals surface area contributed by atoms with Gasteiger partial charge in [-0.25, -0.2) is 4.99 Å². The number of hydrogen-bond acceptors (Lipinski definition) is 1. The lowest BCUT2D eigenvalue weighted by atomic mass is 9.59. The Bertz CT molecular complexity index is 1280. The van der Waals surface area contributed by atoms with Gasteiger partial charge in [0.1, 0.15) is 0 Å². The van der Waals surface area contributed by atoms with Crippen LogP contribution in [-0.2, 0) is 16.2 Å². The van der Waals surface area contributed by atoms with E-state index in [1.807, 2.05) is 0 Å². The molecule has 192 valence electrons. The third-order valence-corrected chi connectivity index (χ3v) is 10.8. The van der Waals surface area contributed by atoms with Gasteiger partial charge in [0, 0.05) is 18.5 Å². The van der Waals surface area contributed by atoms with Gasteiger partial charge in [0.2, 0.25) is 5.96 Å². The minimum absolute atomic E-state index is 0.0762. The lowest BCUT2D eigenvalue weighted by Gasteiger charge is -2.44. The van der Waals surface area contributed by atoms with Crippen molar-refractivity contribution in [2.45, 2.75) is 98.3 Å². The topological polar surface area (TPSA) is 39.5 Å². The molecule has 0 spiro atoms. The zero-order valence-electron chi connectivity index (χ0n) is 24.2. The lowest BCUT2D eigenvalue weighted by molar-refractivity contribution is 0.125. The molecule has 1 saturated heterocycles. The number of nitrogens with one attached hydrogen (secondary N) is 1. The summed E-state index contributed by atoms with van der Waals surface area (Å²) in [5.74, 6) is 0.674. The number of nitrogens with zero attached hydrogens (tertiary/aromatic N) is 2. The van der Waals surface area contributed by atoms with Gasteiger partial charge in [-0.1, -0.05) is 87.4 Å². The SMILES string of the molecule is CC(C)C(=NC(=N)N1CCCC1)c1ccc2c(c1)C(C)(C)c1cc3c(cc1-2)C(C)(C)C(C)(C)C3(C)C. The fraction of sp³-hybridized carbons (Fsp3) is 0.576. The monoisotopic (exact) mass is 483 g/mol. The van der Waals surface area contributed by atoms with Gasteiger partial charge in [-0.3, -0.25) is 5.41 Å². The Balaban J connectivity index is 1.63. The molecule has 0 amide bonds. The quantitative estimate of drug-likeness (QED) is 0.340. The second-order valence-corrected chi connectivity index (χ2v) is 13.9. The third kappa shape index (κ3) is 3.23. The van der Waals surface area contributed by atoms with Crippen molar-refractivity contribution < 1.29 is 0 Å². The van der Waals surface area contributed by atoms with Crippen LogP contribution in [0, 0.1) is 16.7 Å². The van der Waals surface area contributed by atoms with E-state index < -0.39 is 0 Å². The molecule has 3 nitrogen and oxygen atoms in total. The summed E-state index contributed by atoms with van der Waals surface area (Å²) in [4.78, 5) is 6.99. The van der Waals surface area contributed by atoms with E-state index in [0.29, 0.717) is 5.96 Å².